The monoisotopic (exact) mass is 402 g/mol. The summed E-state index contributed by atoms with van der Waals surface area (Å²) in [5.41, 5.74) is 4.79. The quantitative estimate of drug-likeness (QED) is 0.595. The van der Waals surface area contributed by atoms with Crippen molar-refractivity contribution < 1.29 is 9.26 Å². The van der Waals surface area contributed by atoms with Crippen LogP contribution in [0, 0.1) is 11.3 Å². The fourth-order valence-corrected chi connectivity index (χ4v) is 3.95. The van der Waals surface area contributed by atoms with E-state index < -0.39 is 0 Å². The van der Waals surface area contributed by atoms with Crippen LogP contribution in [0.2, 0.25) is 0 Å². The number of ether oxygens (including phenoxy) is 1. The molecule has 0 bridgehead atoms. The summed E-state index contributed by atoms with van der Waals surface area (Å²) in [5.74, 6) is 1.54. The van der Waals surface area contributed by atoms with Crippen molar-refractivity contribution in [1.82, 2.24) is 15.5 Å². The van der Waals surface area contributed by atoms with Gasteiger partial charge < -0.3 is 14.6 Å². The zero-order valence-electron chi connectivity index (χ0n) is 17.6. The van der Waals surface area contributed by atoms with Crippen LogP contribution >= 0.6 is 0 Å². The van der Waals surface area contributed by atoms with Gasteiger partial charge in [0.15, 0.2) is 0 Å². The number of hydrogen-bond donors (Lipinski definition) is 1. The number of nitriles is 1. The minimum Gasteiger partial charge on any atom is -0.490 e. The first-order chi connectivity index (χ1) is 14.6. The van der Waals surface area contributed by atoms with Gasteiger partial charge in [0.2, 0.25) is 5.82 Å². The van der Waals surface area contributed by atoms with E-state index in [0.717, 1.165) is 31.4 Å². The van der Waals surface area contributed by atoms with Gasteiger partial charge in [-0.3, -0.25) is 0 Å². The van der Waals surface area contributed by atoms with E-state index in [1.165, 1.54) is 11.1 Å². The third kappa shape index (κ3) is 3.94. The molecule has 0 spiro atoms. The molecule has 0 radical (unpaired) electrons. The van der Waals surface area contributed by atoms with E-state index in [1.807, 2.05) is 19.9 Å². The first kappa shape index (κ1) is 20.1. The van der Waals surface area contributed by atoms with Gasteiger partial charge in [0, 0.05) is 17.2 Å². The van der Waals surface area contributed by atoms with Gasteiger partial charge in [-0.15, -0.1) is 0 Å². The van der Waals surface area contributed by atoms with Crippen LogP contribution in [0.1, 0.15) is 56.3 Å². The van der Waals surface area contributed by atoms with Gasteiger partial charge in [0.25, 0.3) is 5.89 Å². The van der Waals surface area contributed by atoms with Gasteiger partial charge in [-0.25, -0.2) is 0 Å². The molecule has 30 heavy (non-hydrogen) atoms. The van der Waals surface area contributed by atoms with Crippen LogP contribution in [0.3, 0.4) is 0 Å². The van der Waals surface area contributed by atoms with Crippen LogP contribution in [0.5, 0.6) is 5.75 Å². The van der Waals surface area contributed by atoms with Crippen molar-refractivity contribution in [2.75, 3.05) is 6.54 Å². The van der Waals surface area contributed by atoms with Crippen molar-refractivity contribution in [2.24, 2.45) is 0 Å². The van der Waals surface area contributed by atoms with Crippen LogP contribution in [0.25, 0.3) is 22.8 Å². The molecule has 4 rings (SSSR count). The summed E-state index contributed by atoms with van der Waals surface area (Å²) in [6.45, 7) is 7.05. The van der Waals surface area contributed by atoms with Crippen molar-refractivity contribution in [2.45, 2.75) is 52.2 Å². The Bertz CT molecular complexity index is 1080. The highest BCUT2D eigenvalue weighted by Crippen LogP contribution is 2.37. The van der Waals surface area contributed by atoms with Crippen LogP contribution in [0.15, 0.2) is 40.9 Å². The van der Waals surface area contributed by atoms with E-state index in [-0.39, 0.29) is 6.10 Å². The molecule has 6 nitrogen and oxygen atoms in total. The van der Waals surface area contributed by atoms with E-state index in [9.17, 15) is 5.26 Å². The first-order valence-electron chi connectivity index (χ1n) is 10.5. The number of fused-ring (bicyclic) bond motifs is 1. The van der Waals surface area contributed by atoms with Gasteiger partial charge in [0.1, 0.15) is 11.8 Å². The Morgan fingerprint density at radius 2 is 2.17 bits per heavy atom. The number of hydrogen-bond acceptors (Lipinski definition) is 6. The Balaban J connectivity index is 1.63. The summed E-state index contributed by atoms with van der Waals surface area (Å²) in [6.07, 6.45) is 3.19. The zero-order valence-corrected chi connectivity index (χ0v) is 17.6. The van der Waals surface area contributed by atoms with Crippen molar-refractivity contribution in [1.29, 1.82) is 5.26 Å². The number of benzene rings is 2. The van der Waals surface area contributed by atoms with Gasteiger partial charge in [-0.05, 0) is 69.0 Å². The molecule has 3 aromatic rings. The molecule has 6 heteroatoms. The average molecular weight is 402 g/mol. The van der Waals surface area contributed by atoms with Gasteiger partial charge in [0.05, 0.1) is 11.7 Å². The minimum atomic E-state index is -0.00576. The predicted molar refractivity (Wildman–Crippen MR) is 115 cm³/mol. The molecule has 1 aromatic heterocycles. The molecule has 1 aliphatic rings. The van der Waals surface area contributed by atoms with Crippen LogP contribution in [0.4, 0.5) is 0 Å². The average Bonchev–Trinajstić information content (AvgIpc) is 3.39. The van der Waals surface area contributed by atoms with E-state index in [4.69, 9.17) is 9.26 Å². The summed E-state index contributed by atoms with van der Waals surface area (Å²) < 4.78 is 11.2. The van der Waals surface area contributed by atoms with E-state index in [2.05, 4.69) is 46.6 Å². The summed E-state index contributed by atoms with van der Waals surface area (Å²) in [6, 6.07) is 14.2. The second kappa shape index (κ2) is 8.68. The molecule has 0 aliphatic heterocycles. The number of aromatic nitrogens is 2. The molecule has 1 heterocycles. The van der Waals surface area contributed by atoms with E-state index in [1.54, 1.807) is 12.1 Å². The van der Waals surface area contributed by atoms with Crippen molar-refractivity contribution in [3.05, 3.63) is 53.1 Å². The second-order valence-electron chi connectivity index (χ2n) is 7.83. The summed E-state index contributed by atoms with van der Waals surface area (Å²) in [7, 11) is 0. The maximum absolute atomic E-state index is 9.48. The lowest BCUT2D eigenvalue weighted by atomic mass is 10.0. The maximum atomic E-state index is 9.48. The SMILES string of the molecule is CCCNC1CCc2c(-c3noc(-c4ccc(OC(C)C)c(C#N)c4)n3)cccc21. The molecule has 1 aliphatic carbocycles. The summed E-state index contributed by atoms with van der Waals surface area (Å²) >= 11 is 0. The topological polar surface area (TPSA) is 84.0 Å². The van der Waals surface area contributed by atoms with Crippen LogP contribution in [-0.4, -0.2) is 22.8 Å². The predicted octanol–water partition coefficient (Wildman–Crippen LogP) is 5.05. The standard InChI is InChI=1S/C24H26N4O2/c1-4-12-26-21-10-9-18-19(21)6-5-7-20(18)23-27-24(30-28-23)16-8-11-22(29-15(2)3)17(13-16)14-25/h5-8,11,13,15,21,26H,4,9-10,12H2,1-3H3. The molecular formula is C24H26N4O2. The molecule has 0 saturated heterocycles. The smallest absolute Gasteiger partial charge is 0.258 e. The molecular weight excluding hydrogens is 376 g/mol. The van der Waals surface area contributed by atoms with Crippen LogP contribution in [-0.2, 0) is 6.42 Å². The van der Waals surface area contributed by atoms with E-state index >= 15 is 0 Å². The highest BCUT2D eigenvalue weighted by molar-refractivity contribution is 5.67. The largest absolute Gasteiger partial charge is 0.490 e. The molecule has 154 valence electrons. The highest BCUT2D eigenvalue weighted by Gasteiger charge is 2.26. The van der Waals surface area contributed by atoms with Gasteiger partial charge in [-0.1, -0.05) is 30.3 Å². The Kier molecular flexibility index (Phi) is 5.82. The lowest BCUT2D eigenvalue weighted by molar-refractivity contribution is 0.242. The van der Waals surface area contributed by atoms with Crippen molar-refractivity contribution >= 4 is 0 Å². The number of nitrogens with zero attached hydrogens (tertiary/aromatic N) is 3. The highest BCUT2D eigenvalue weighted by atomic mass is 16.5. The lowest BCUT2D eigenvalue weighted by Gasteiger charge is -2.13. The zero-order chi connectivity index (χ0) is 21.1. The molecule has 1 unspecified atom stereocenters. The Labute approximate surface area is 176 Å². The molecule has 1 atom stereocenters. The first-order valence-corrected chi connectivity index (χ1v) is 10.5. The summed E-state index contributed by atoms with van der Waals surface area (Å²) in [5, 5.41) is 17.3. The normalized spacial score (nSPS) is 15.2. The van der Waals surface area contributed by atoms with Gasteiger partial charge >= 0.3 is 0 Å². The molecule has 0 saturated carbocycles. The van der Waals surface area contributed by atoms with Crippen molar-refractivity contribution in [3.63, 3.8) is 0 Å². The van der Waals surface area contributed by atoms with E-state index in [0.29, 0.717) is 34.6 Å². The number of rotatable bonds is 7. The van der Waals surface area contributed by atoms with Crippen LogP contribution < -0.4 is 10.1 Å². The third-order valence-electron chi connectivity index (χ3n) is 5.29. The fourth-order valence-electron chi connectivity index (χ4n) is 3.95. The third-order valence-corrected chi connectivity index (χ3v) is 5.29. The maximum Gasteiger partial charge on any atom is 0.258 e. The molecule has 1 N–H and O–H groups in total. The Hall–Kier alpha value is -3.17. The lowest BCUT2D eigenvalue weighted by Crippen LogP contribution is -2.19. The molecule has 2 aromatic carbocycles. The van der Waals surface area contributed by atoms with Gasteiger partial charge in [-0.2, -0.15) is 10.2 Å². The summed E-state index contributed by atoms with van der Waals surface area (Å²) in [4.78, 5) is 4.63. The van der Waals surface area contributed by atoms with Crippen molar-refractivity contribution in [3.8, 4) is 34.7 Å². The second-order valence-corrected chi connectivity index (χ2v) is 7.83. The fraction of sp³-hybridized carbons (Fsp3) is 0.375. The number of nitrogens with one attached hydrogen (secondary N) is 1. The molecule has 0 amide bonds. The Morgan fingerprint density at radius 1 is 1.30 bits per heavy atom. The minimum absolute atomic E-state index is 0.00576. The Morgan fingerprint density at radius 3 is 2.93 bits per heavy atom. The molecule has 0 fully saturated rings.